The number of thiophene rings is 2. The van der Waals surface area contributed by atoms with Gasteiger partial charge in [0, 0.05) is 22.3 Å². The van der Waals surface area contributed by atoms with Gasteiger partial charge >= 0.3 is 0 Å². The second-order valence-electron chi connectivity index (χ2n) is 5.14. The van der Waals surface area contributed by atoms with Crippen molar-refractivity contribution in [1.82, 2.24) is 10.2 Å². The molecule has 0 aliphatic heterocycles. The van der Waals surface area contributed by atoms with E-state index in [1.165, 1.54) is 9.75 Å². The third-order valence-electron chi connectivity index (χ3n) is 3.58. The number of rotatable bonds is 8. The maximum absolute atomic E-state index is 6.12. The van der Waals surface area contributed by atoms with Gasteiger partial charge in [0.2, 0.25) is 0 Å². The molecule has 5 heteroatoms. The molecule has 2 aromatic heterocycles. The van der Waals surface area contributed by atoms with E-state index < -0.39 is 0 Å². The third-order valence-corrected chi connectivity index (χ3v) is 5.82. The Morgan fingerprint density at radius 1 is 1.19 bits per heavy atom. The maximum atomic E-state index is 6.12. The molecule has 2 heterocycles. The van der Waals surface area contributed by atoms with E-state index in [4.69, 9.17) is 11.6 Å². The van der Waals surface area contributed by atoms with Crippen molar-refractivity contribution >= 4 is 34.3 Å². The number of nitrogens with one attached hydrogen (secondary N) is 1. The van der Waals surface area contributed by atoms with E-state index in [0.29, 0.717) is 6.04 Å². The number of halogens is 1. The first-order valence-electron chi connectivity index (χ1n) is 7.41. The molecule has 0 spiro atoms. The summed E-state index contributed by atoms with van der Waals surface area (Å²) >= 11 is 9.57. The molecular formula is C16H23ClN2S2. The number of likely N-dealkylation sites (N-methyl/N-ethyl adjacent to an activating group) is 1. The zero-order valence-electron chi connectivity index (χ0n) is 12.8. The van der Waals surface area contributed by atoms with Crippen LogP contribution < -0.4 is 5.32 Å². The molecule has 2 aromatic rings. The lowest BCUT2D eigenvalue weighted by molar-refractivity contribution is 0.266. The first-order valence-corrected chi connectivity index (χ1v) is 9.48. The van der Waals surface area contributed by atoms with Crippen LogP contribution in [0.2, 0.25) is 4.34 Å². The Morgan fingerprint density at radius 2 is 1.95 bits per heavy atom. The van der Waals surface area contributed by atoms with E-state index in [9.17, 15) is 0 Å². The van der Waals surface area contributed by atoms with Crippen LogP contribution in [0.5, 0.6) is 0 Å². The summed E-state index contributed by atoms with van der Waals surface area (Å²) < 4.78 is 0.852. The smallest absolute Gasteiger partial charge is 0.0931 e. The van der Waals surface area contributed by atoms with Crippen molar-refractivity contribution in [3.05, 3.63) is 43.7 Å². The molecule has 0 fully saturated rings. The SMILES string of the molecule is CCN(CC)CC(C)NC(c1cccs1)c1ccc(Cl)s1. The van der Waals surface area contributed by atoms with Crippen LogP contribution in [-0.2, 0) is 0 Å². The minimum atomic E-state index is 0.244. The molecule has 2 unspecified atom stereocenters. The van der Waals surface area contributed by atoms with E-state index >= 15 is 0 Å². The van der Waals surface area contributed by atoms with Gasteiger partial charge in [0.25, 0.3) is 0 Å². The summed E-state index contributed by atoms with van der Waals surface area (Å²) in [6, 6.07) is 9.10. The largest absolute Gasteiger partial charge is 0.302 e. The maximum Gasteiger partial charge on any atom is 0.0931 e. The molecule has 0 amide bonds. The van der Waals surface area contributed by atoms with Crippen LogP contribution in [0, 0.1) is 0 Å². The molecule has 0 aliphatic rings. The second-order valence-corrected chi connectivity index (χ2v) is 7.87. The summed E-state index contributed by atoms with van der Waals surface area (Å²) in [7, 11) is 0. The zero-order chi connectivity index (χ0) is 15.2. The molecule has 2 atom stereocenters. The Balaban J connectivity index is 2.10. The van der Waals surface area contributed by atoms with Crippen molar-refractivity contribution in [2.24, 2.45) is 0 Å². The molecule has 0 bridgehead atoms. The molecule has 0 saturated carbocycles. The van der Waals surface area contributed by atoms with Crippen LogP contribution in [0.4, 0.5) is 0 Å². The molecule has 1 N–H and O–H groups in total. The fourth-order valence-corrected chi connectivity index (χ4v) is 4.47. The van der Waals surface area contributed by atoms with Gasteiger partial charge < -0.3 is 10.2 Å². The molecule has 0 radical (unpaired) electrons. The van der Waals surface area contributed by atoms with Crippen molar-refractivity contribution in [1.29, 1.82) is 0 Å². The lowest BCUT2D eigenvalue weighted by Crippen LogP contribution is -2.40. The van der Waals surface area contributed by atoms with Crippen molar-refractivity contribution in [2.45, 2.75) is 32.9 Å². The third kappa shape index (κ3) is 4.80. The molecular weight excluding hydrogens is 320 g/mol. The summed E-state index contributed by atoms with van der Waals surface area (Å²) in [5, 5.41) is 5.90. The second kappa shape index (κ2) is 8.30. The van der Waals surface area contributed by atoms with Crippen LogP contribution in [0.15, 0.2) is 29.6 Å². The fraction of sp³-hybridized carbons (Fsp3) is 0.500. The number of hydrogen-bond acceptors (Lipinski definition) is 4. The van der Waals surface area contributed by atoms with E-state index in [2.05, 4.69) is 54.6 Å². The van der Waals surface area contributed by atoms with Crippen molar-refractivity contribution in [2.75, 3.05) is 19.6 Å². The molecule has 116 valence electrons. The van der Waals surface area contributed by atoms with Gasteiger partial charge in [0.1, 0.15) is 0 Å². The summed E-state index contributed by atoms with van der Waals surface area (Å²) in [4.78, 5) is 5.08. The molecule has 0 aliphatic carbocycles. The Morgan fingerprint density at radius 3 is 2.48 bits per heavy atom. The molecule has 2 rings (SSSR count). The average molecular weight is 343 g/mol. The van der Waals surface area contributed by atoms with E-state index in [0.717, 1.165) is 24.0 Å². The predicted molar refractivity (Wildman–Crippen MR) is 95.9 cm³/mol. The fourth-order valence-electron chi connectivity index (χ4n) is 2.45. The molecule has 2 nitrogen and oxygen atoms in total. The van der Waals surface area contributed by atoms with Crippen molar-refractivity contribution in [3.63, 3.8) is 0 Å². The van der Waals surface area contributed by atoms with E-state index in [1.807, 2.05) is 6.07 Å². The van der Waals surface area contributed by atoms with Crippen molar-refractivity contribution < 1.29 is 0 Å². The Kier molecular flexibility index (Phi) is 6.71. The predicted octanol–water partition coefficient (Wildman–Crippen LogP) is 4.87. The van der Waals surface area contributed by atoms with Gasteiger partial charge in [-0.2, -0.15) is 0 Å². The van der Waals surface area contributed by atoms with Gasteiger partial charge in [-0.3, -0.25) is 0 Å². The van der Waals surface area contributed by atoms with Gasteiger partial charge in [-0.05, 0) is 43.6 Å². The first-order chi connectivity index (χ1) is 10.1. The van der Waals surface area contributed by atoms with Crippen molar-refractivity contribution in [3.8, 4) is 0 Å². The lowest BCUT2D eigenvalue weighted by atomic mass is 10.1. The van der Waals surface area contributed by atoms with Crippen LogP contribution in [0.25, 0.3) is 0 Å². The zero-order valence-corrected chi connectivity index (χ0v) is 15.2. The van der Waals surface area contributed by atoms with Gasteiger partial charge in [-0.1, -0.05) is 31.5 Å². The van der Waals surface area contributed by atoms with Crippen LogP contribution >= 0.6 is 34.3 Å². The number of nitrogens with zero attached hydrogens (tertiary/aromatic N) is 1. The quantitative estimate of drug-likeness (QED) is 0.736. The van der Waals surface area contributed by atoms with Gasteiger partial charge in [0.05, 0.1) is 10.4 Å². The standard InChI is InChI=1S/C16H23ClN2S2/c1-4-19(5-2)11-12(3)18-16(13-7-6-10-20-13)14-8-9-15(17)21-14/h6-10,12,16,18H,4-5,11H2,1-3H3. The van der Waals surface area contributed by atoms with Crippen LogP contribution in [-0.4, -0.2) is 30.6 Å². The highest BCUT2D eigenvalue weighted by molar-refractivity contribution is 7.16. The highest BCUT2D eigenvalue weighted by atomic mass is 35.5. The monoisotopic (exact) mass is 342 g/mol. The minimum Gasteiger partial charge on any atom is -0.302 e. The highest BCUT2D eigenvalue weighted by Crippen LogP contribution is 2.33. The Labute approximate surface area is 140 Å². The minimum absolute atomic E-state index is 0.244. The summed E-state index contributed by atoms with van der Waals surface area (Å²) in [5.74, 6) is 0. The summed E-state index contributed by atoms with van der Waals surface area (Å²) in [6.07, 6.45) is 0. The summed E-state index contributed by atoms with van der Waals surface area (Å²) in [5.41, 5.74) is 0. The molecule has 21 heavy (non-hydrogen) atoms. The molecule has 0 aromatic carbocycles. The number of hydrogen-bond donors (Lipinski definition) is 1. The van der Waals surface area contributed by atoms with Gasteiger partial charge in [-0.15, -0.1) is 22.7 Å². The Hall–Kier alpha value is -0.390. The average Bonchev–Trinajstić information content (AvgIpc) is 3.13. The molecule has 0 saturated heterocycles. The van der Waals surface area contributed by atoms with Gasteiger partial charge in [-0.25, -0.2) is 0 Å². The lowest BCUT2D eigenvalue weighted by Gasteiger charge is -2.27. The van der Waals surface area contributed by atoms with Crippen LogP contribution in [0.1, 0.15) is 36.6 Å². The first kappa shape index (κ1) is 17.0. The normalized spacial score (nSPS) is 14.5. The van der Waals surface area contributed by atoms with Gasteiger partial charge in [0.15, 0.2) is 0 Å². The highest BCUT2D eigenvalue weighted by Gasteiger charge is 2.20. The van der Waals surface area contributed by atoms with E-state index in [1.54, 1.807) is 22.7 Å². The van der Waals surface area contributed by atoms with Crippen LogP contribution in [0.3, 0.4) is 0 Å². The Bertz CT molecular complexity index is 520. The topological polar surface area (TPSA) is 15.3 Å². The van der Waals surface area contributed by atoms with E-state index in [-0.39, 0.29) is 6.04 Å². The summed E-state index contributed by atoms with van der Waals surface area (Å²) in [6.45, 7) is 9.94.